The second-order valence-corrected chi connectivity index (χ2v) is 7.90. The third kappa shape index (κ3) is 4.99. The van der Waals surface area contributed by atoms with E-state index >= 15 is 0 Å². The molecule has 0 aromatic heterocycles. The number of nitrogens with zero attached hydrogens (tertiary/aromatic N) is 1. The number of hydrazine groups is 1. The second-order valence-electron chi connectivity index (χ2n) is 7.46. The molecule has 1 fully saturated rings. The average molecular weight is 465 g/mol. The molecule has 2 atom stereocenters. The van der Waals surface area contributed by atoms with E-state index in [1.54, 1.807) is 55.3 Å². The molecule has 3 aromatic rings. The van der Waals surface area contributed by atoms with E-state index in [1.807, 2.05) is 42.6 Å². The van der Waals surface area contributed by atoms with Gasteiger partial charge in [0.15, 0.2) is 6.04 Å². The highest BCUT2D eigenvalue weighted by Gasteiger charge is 2.47. The minimum atomic E-state index is -0.823. The molecule has 0 saturated carbocycles. The van der Waals surface area contributed by atoms with E-state index in [1.165, 1.54) is 0 Å². The summed E-state index contributed by atoms with van der Waals surface area (Å²) in [5, 5.41) is 3.50. The van der Waals surface area contributed by atoms with Gasteiger partial charge in [-0.15, -0.1) is 10.1 Å². The van der Waals surface area contributed by atoms with Gasteiger partial charge in [-0.25, -0.2) is 0 Å². The van der Waals surface area contributed by atoms with Crippen molar-refractivity contribution in [3.05, 3.63) is 94.5 Å². The lowest BCUT2D eigenvalue weighted by molar-refractivity contribution is -0.596. The number of halogens is 1. The molecule has 7 nitrogen and oxygen atoms in total. The predicted octanol–water partition coefficient (Wildman–Crippen LogP) is 3.37. The summed E-state index contributed by atoms with van der Waals surface area (Å²) in [4.78, 5) is 25.9. The molecule has 1 aliphatic heterocycles. The Bertz CT molecular complexity index is 1180. The van der Waals surface area contributed by atoms with Crippen LogP contribution in [0.4, 0.5) is 0 Å². The highest BCUT2D eigenvalue weighted by Crippen LogP contribution is 2.27. The van der Waals surface area contributed by atoms with Crippen molar-refractivity contribution >= 4 is 29.6 Å². The van der Waals surface area contributed by atoms with Gasteiger partial charge in [-0.3, -0.25) is 9.59 Å². The lowest BCUT2D eigenvalue weighted by Gasteiger charge is -2.15. The number of hydrazone groups is 1. The van der Waals surface area contributed by atoms with Gasteiger partial charge in [-0.1, -0.05) is 11.6 Å². The van der Waals surface area contributed by atoms with Crippen LogP contribution >= 0.6 is 11.6 Å². The molecule has 0 aliphatic carbocycles. The summed E-state index contributed by atoms with van der Waals surface area (Å²) in [7, 11) is 3.15. The molecule has 0 bridgehead atoms. The van der Waals surface area contributed by atoms with Crippen molar-refractivity contribution in [2.75, 3.05) is 14.2 Å². The fourth-order valence-corrected chi connectivity index (χ4v) is 3.78. The molecular formula is C25H23ClN3O4+. The van der Waals surface area contributed by atoms with Gasteiger partial charge in [0.2, 0.25) is 12.3 Å². The fourth-order valence-electron chi connectivity index (χ4n) is 3.66. The first-order chi connectivity index (χ1) is 16.0. The largest absolute Gasteiger partial charge is 0.497 e. The third-order valence-corrected chi connectivity index (χ3v) is 5.64. The molecule has 2 amide bonds. The van der Waals surface area contributed by atoms with Crippen molar-refractivity contribution in [2.24, 2.45) is 0 Å². The molecule has 4 rings (SSSR count). The Balaban J connectivity index is 1.67. The van der Waals surface area contributed by atoms with Crippen LogP contribution in [-0.4, -0.2) is 43.0 Å². The van der Waals surface area contributed by atoms with Crippen molar-refractivity contribution in [1.29, 1.82) is 0 Å². The van der Waals surface area contributed by atoms with Gasteiger partial charge in [0.1, 0.15) is 11.5 Å². The van der Waals surface area contributed by atoms with Crippen molar-refractivity contribution in [1.82, 2.24) is 10.7 Å². The molecule has 0 unspecified atom stereocenters. The Morgan fingerprint density at radius 2 is 1.52 bits per heavy atom. The quantitative estimate of drug-likeness (QED) is 0.548. The van der Waals surface area contributed by atoms with E-state index in [-0.39, 0.29) is 11.8 Å². The summed E-state index contributed by atoms with van der Waals surface area (Å²) >= 11 is 6.00. The highest BCUT2D eigenvalue weighted by molar-refractivity contribution is 6.30. The summed E-state index contributed by atoms with van der Waals surface area (Å²) in [5.41, 5.74) is 4.97. The summed E-state index contributed by atoms with van der Waals surface area (Å²) < 4.78 is 12.1. The average Bonchev–Trinajstić information content (AvgIpc) is 3.14. The molecular weight excluding hydrogens is 442 g/mol. The molecule has 1 saturated heterocycles. The number of rotatable bonds is 6. The normalized spacial score (nSPS) is 18.6. The van der Waals surface area contributed by atoms with E-state index in [0.29, 0.717) is 22.1 Å². The van der Waals surface area contributed by atoms with Crippen molar-refractivity contribution in [3.8, 4) is 11.5 Å². The number of methoxy groups -OCH3 is 2. The van der Waals surface area contributed by atoms with E-state index in [4.69, 9.17) is 21.1 Å². The van der Waals surface area contributed by atoms with Gasteiger partial charge < -0.3 is 14.8 Å². The third-order valence-electron chi connectivity index (χ3n) is 5.39. The SMILES string of the molecule is COc1ccc(C(=O)N[C@@H]2C(=O)N/[N+](=C\c3ccc(Cl)cc3)[C@@H]2c2ccc(OC)cc2)cc1. The number of carbonyl (C=O) groups excluding carboxylic acids is 2. The minimum absolute atomic E-state index is 0.317. The van der Waals surface area contributed by atoms with Crippen LogP contribution in [0, 0.1) is 0 Å². The topological polar surface area (TPSA) is 79.7 Å². The number of nitrogens with one attached hydrogen (secondary N) is 2. The fraction of sp³-hybridized carbons (Fsp3) is 0.160. The number of carbonyl (C=O) groups is 2. The Morgan fingerprint density at radius 3 is 2.09 bits per heavy atom. The van der Waals surface area contributed by atoms with Crippen LogP contribution in [0.2, 0.25) is 5.02 Å². The predicted molar refractivity (Wildman–Crippen MR) is 125 cm³/mol. The number of hydrogen-bond donors (Lipinski definition) is 2. The maximum atomic E-state index is 12.9. The number of amides is 2. The van der Waals surface area contributed by atoms with E-state index in [9.17, 15) is 9.59 Å². The van der Waals surface area contributed by atoms with E-state index in [2.05, 4.69) is 10.7 Å². The van der Waals surface area contributed by atoms with Crippen LogP contribution in [0.25, 0.3) is 0 Å². The van der Waals surface area contributed by atoms with E-state index in [0.717, 1.165) is 11.1 Å². The summed E-state index contributed by atoms with van der Waals surface area (Å²) in [6, 6.07) is 20.0. The number of hydrogen-bond acceptors (Lipinski definition) is 4. The van der Waals surface area contributed by atoms with Gasteiger partial charge in [0.25, 0.3) is 5.91 Å². The minimum Gasteiger partial charge on any atom is -0.497 e. The first-order valence-electron chi connectivity index (χ1n) is 10.3. The molecule has 168 valence electrons. The van der Waals surface area contributed by atoms with Crippen LogP contribution in [0.5, 0.6) is 11.5 Å². The molecule has 8 heteroatoms. The summed E-state index contributed by atoms with van der Waals surface area (Å²) in [6.45, 7) is 0. The Hall–Kier alpha value is -3.84. The van der Waals surface area contributed by atoms with Crippen molar-refractivity contribution in [3.63, 3.8) is 0 Å². The summed E-state index contributed by atoms with van der Waals surface area (Å²) in [5.74, 6) is 0.667. The van der Waals surface area contributed by atoms with Crippen LogP contribution in [0.3, 0.4) is 0 Å². The van der Waals surface area contributed by atoms with Crippen LogP contribution in [0.15, 0.2) is 72.8 Å². The Kier molecular flexibility index (Phi) is 6.60. The second kappa shape index (κ2) is 9.75. The first kappa shape index (κ1) is 22.4. The zero-order valence-corrected chi connectivity index (χ0v) is 18.9. The molecule has 0 radical (unpaired) electrons. The summed E-state index contributed by atoms with van der Waals surface area (Å²) in [6.07, 6.45) is 1.81. The molecule has 1 heterocycles. The molecule has 1 aliphatic rings. The van der Waals surface area contributed by atoms with E-state index < -0.39 is 12.1 Å². The van der Waals surface area contributed by atoms with Crippen LogP contribution < -0.4 is 20.2 Å². The maximum Gasteiger partial charge on any atom is 0.304 e. The van der Waals surface area contributed by atoms with Crippen LogP contribution in [-0.2, 0) is 4.79 Å². The Labute approximate surface area is 196 Å². The lowest BCUT2D eigenvalue weighted by atomic mass is 9.99. The Morgan fingerprint density at radius 1 is 0.939 bits per heavy atom. The maximum absolute atomic E-state index is 12.9. The number of benzene rings is 3. The smallest absolute Gasteiger partial charge is 0.304 e. The van der Waals surface area contributed by atoms with Gasteiger partial charge >= 0.3 is 5.91 Å². The zero-order valence-electron chi connectivity index (χ0n) is 18.1. The first-order valence-corrected chi connectivity index (χ1v) is 10.6. The number of ether oxygens (including phenoxy) is 2. The van der Waals surface area contributed by atoms with Crippen molar-refractivity contribution in [2.45, 2.75) is 12.1 Å². The molecule has 2 N–H and O–H groups in total. The zero-order chi connectivity index (χ0) is 23.4. The van der Waals surface area contributed by atoms with Gasteiger partial charge in [0, 0.05) is 21.7 Å². The molecule has 33 heavy (non-hydrogen) atoms. The molecule has 3 aromatic carbocycles. The highest BCUT2D eigenvalue weighted by atomic mass is 35.5. The molecule has 0 spiro atoms. The van der Waals surface area contributed by atoms with Gasteiger partial charge in [0.05, 0.1) is 14.2 Å². The van der Waals surface area contributed by atoms with Crippen molar-refractivity contribution < 1.29 is 23.7 Å². The van der Waals surface area contributed by atoms with Crippen LogP contribution in [0.1, 0.15) is 27.5 Å². The monoisotopic (exact) mass is 464 g/mol. The standard InChI is InChI=1S/C25H22ClN3O4/c1-32-20-11-5-17(6-12-20)23-22(27-24(30)18-7-13-21(33-2)14-8-18)25(31)28-29(23)15-16-3-9-19(26)10-4-16/h3-15,22-23H,1-2H3,(H-,27,28,30,31)/p+1/b29-15-/t22-,23+/m0/s1. The van der Waals surface area contributed by atoms with Gasteiger partial charge in [-0.2, -0.15) is 0 Å². The lowest BCUT2D eigenvalue weighted by Crippen LogP contribution is -2.42. The van der Waals surface area contributed by atoms with Gasteiger partial charge in [-0.05, 0) is 72.8 Å².